The minimum absolute atomic E-state index is 0.116. The van der Waals surface area contributed by atoms with Crippen LogP contribution in [0.4, 0.5) is 5.69 Å². The summed E-state index contributed by atoms with van der Waals surface area (Å²) in [5.41, 5.74) is 5.57. The van der Waals surface area contributed by atoms with Gasteiger partial charge in [0.2, 0.25) is 21.8 Å². The highest BCUT2D eigenvalue weighted by Crippen LogP contribution is 2.24. The van der Waals surface area contributed by atoms with Gasteiger partial charge >= 0.3 is 0 Å². The number of hydrogen-bond donors (Lipinski definition) is 1. The summed E-state index contributed by atoms with van der Waals surface area (Å²) in [6, 6.07) is 23.0. The number of anilines is 1. The number of nitrogens with one attached hydrogen (secondary N) is 1. The molecule has 8 heteroatoms. The molecular formula is C36H47N3O4S. The van der Waals surface area contributed by atoms with Crippen LogP contribution in [0.1, 0.15) is 72.8 Å². The van der Waals surface area contributed by atoms with Crippen LogP contribution in [0.25, 0.3) is 0 Å². The molecule has 0 saturated heterocycles. The molecule has 1 fully saturated rings. The maximum absolute atomic E-state index is 14.1. The first-order valence-electron chi connectivity index (χ1n) is 15.7. The molecule has 0 bridgehead atoms. The molecule has 1 saturated carbocycles. The summed E-state index contributed by atoms with van der Waals surface area (Å²) in [6.45, 7) is 6.36. The van der Waals surface area contributed by atoms with Crippen LogP contribution < -0.4 is 9.62 Å². The van der Waals surface area contributed by atoms with Crippen LogP contribution in [0.15, 0.2) is 72.8 Å². The molecule has 3 aromatic rings. The summed E-state index contributed by atoms with van der Waals surface area (Å²) in [4.78, 5) is 29.8. The van der Waals surface area contributed by atoms with Crippen molar-refractivity contribution in [1.82, 2.24) is 10.2 Å². The highest BCUT2D eigenvalue weighted by Gasteiger charge is 2.32. The SMILES string of the molecule is Cc1cccc(CN(C(=O)CCCN(c2cc(C)cc(C)c2)S(C)(=O)=O)[C@@H](Cc2ccccc2)C(=O)NC2CCCCC2)c1. The summed E-state index contributed by atoms with van der Waals surface area (Å²) < 4.78 is 27.0. The first-order chi connectivity index (χ1) is 21.0. The van der Waals surface area contributed by atoms with E-state index in [-0.39, 0.29) is 30.8 Å². The fourth-order valence-electron chi connectivity index (χ4n) is 6.20. The lowest BCUT2D eigenvalue weighted by atomic mass is 9.94. The molecule has 2 amide bonds. The van der Waals surface area contributed by atoms with Gasteiger partial charge in [0.05, 0.1) is 11.9 Å². The van der Waals surface area contributed by atoms with Crippen molar-refractivity contribution in [3.05, 3.63) is 101 Å². The Labute approximate surface area is 263 Å². The van der Waals surface area contributed by atoms with Gasteiger partial charge in [-0.3, -0.25) is 13.9 Å². The van der Waals surface area contributed by atoms with Gasteiger partial charge in [0.1, 0.15) is 6.04 Å². The predicted molar refractivity (Wildman–Crippen MR) is 178 cm³/mol. The zero-order valence-corrected chi connectivity index (χ0v) is 27.4. The molecule has 0 aliphatic heterocycles. The molecule has 1 aliphatic rings. The van der Waals surface area contributed by atoms with Gasteiger partial charge in [-0.25, -0.2) is 8.42 Å². The van der Waals surface area contributed by atoms with Crippen molar-refractivity contribution in [2.45, 2.75) is 90.8 Å². The molecule has 4 rings (SSSR count). The monoisotopic (exact) mass is 617 g/mol. The van der Waals surface area contributed by atoms with E-state index in [2.05, 4.69) is 5.32 Å². The topological polar surface area (TPSA) is 86.8 Å². The van der Waals surface area contributed by atoms with E-state index >= 15 is 0 Å². The fraction of sp³-hybridized carbons (Fsp3) is 0.444. The van der Waals surface area contributed by atoms with Gasteiger partial charge in [-0.15, -0.1) is 0 Å². The lowest BCUT2D eigenvalue weighted by molar-refractivity contribution is -0.141. The summed E-state index contributed by atoms with van der Waals surface area (Å²) in [5, 5.41) is 3.28. The van der Waals surface area contributed by atoms with Crippen molar-refractivity contribution in [1.29, 1.82) is 0 Å². The fourth-order valence-corrected chi connectivity index (χ4v) is 7.15. The molecule has 1 atom stereocenters. The molecule has 0 heterocycles. The molecule has 7 nitrogen and oxygen atoms in total. The molecule has 0 unspecified atom stereocenters. The molecule has 44 heavy (non-hydrogen) atoms. The number of benzene rings is 3. The first kappa shape index (κ1) is 33.2. The number of amides is 2. The Morgan fingerprint density at radius 1 is 0.841 bits per heavy atom. The smallest absolute Gasteiger partial charge is 0.243 e. The van der Waals surface area contributed by atoms with E-state index in [4.69, 9.17) is 0 Å². The highest BCUT2D eigenvalue weighted by atomic mass is 32.2. The van der Waals surface area contributed by atoms with Crippen LogP contribution in [0.3, 0.4) is 0 Å². The van der Waals surface area contributed by atoms with Crippen LogP contribution in [0.5, 0.6) is 0 Å². The number of rotatable bonds is 13. The average molecular weight is 618 g/mol. The van der Waals surface area contributed by atoms with Crippen LogP contribution in [0, 0.1) is 20.8 Å². The summed E-state index contributed by atoms with van der Waals surface area (Å²) in [6.07, 6.45) is 7.32. The molecule has 236 valence electrons. The maximum Gasteiger partial charge on any atom is 0.243 e. The van der Waals surface area contributed by atoms with Crippen molar-refractivity contribution in [3.8, 4) is 0 Å². The van der Waals surface area contributed by atoms with E-state index in [0.717, 1.165) is 53.5 Å². The standard InChI is InChI=1S/C36H47N3O4S/c1-27-13-11-16-31(22-27)26-38(34(25-30-14-7-5-8-15-30)36(41)37-32-17-9-6-10-18-32)35(40)19-12-20-39(44(4,42)43)33-23-28(2)21-29(3)24-33/h5,7-8,11,13-16,21-24,32,34H,6,9-10,12,17-20,25-26H2,1-4H3,(H,37,41)/t34-/m0/s1. The van der Waals surface area contributed by atoms with E-state index in [9.17, 15) is 18.0 Å². The Morgan fingerprint density at radius 2 is 1.50 bits per heavy atom. The Morgan fingerprint density at radius 3 is 2.14 bits per heavy atom. The second-order valence-electron chi connectivity index (χ2n) is 12.3. The summed E-state index contributed by atoms with van der Waals surface area (Å²) in [5.74, 6) is -0.296. The van der Waals surface area contributed by atoms with E-state index in [0.29, 0.717) is 25.1 Å². The van der Waals surface area contributed by atoms with E-state index in [1.54, 1.807) is 4.90 Å². The average Bonchev–Trinajstić information content (AvgIpc) is 2.97. The predicted octanol–water partition coefficient (Wildman–Crippen LogP) is 6.25. The lowest BCUT2D eigenvalue weighted by Crippen LogP contribution is -2.53. The van der Waals surface area contributed by atoms with Crippen molar-refractivity contribution in [2.24, 2.45) is 0 Å². The third kappa shape index (κ3) is 9.68. The van der Waals surface area contributed by atoms with Crippen molar-refractivity contribution < 1.29 is 18.0 Å². The maximum atomic E-state index is 14.1. The minimum Gasteiger partial charge on any atom is -0.352 e. The van der Waals surface area contributed by atoms with Gasteiger partial charge in [-0.2, -0.15) is 0 Å². The van der Waals surface area contributed by atoms with Gasteiger partial charge in [-0.1, -0.05) is 85.5 Å². The van der Waals surface area contributed by atoms with Gasteiger partial charge < -0.3 is 10.2 Å². The Kier molecular flexibility index (Phi) is 11.6. The minimum atomic E-state index is -3.57. The number of sulfonamides is 1. The molecule has 0 spiro atoms. The zero-order valence-electron chi connectivity index (χ0n) is 26.6. The molecule has 1 aliphatic carbocycles. The third-order valence-corrected chi connectivity index (χ3v) is 9.50. The van der Waals surface area contributed by atoms with E-state index < -0.39 is 16.1 Å². The zero-order chi connectivity index (χ0) is 31.7. The summed E-state index contributed by atoms with van der Waals surface area (Å²) in [7, 11) is -3.57. The van der Waals surface area contributed by atoms with E-state index in [1.807, 2.05) is 93.6 Å². The molecule has 0 radical (unpaired) electrons. The van der Waals surface area contributed by atoms with Gasteiger partial charge in [0, 0.05) is 32.0 Å². The van der Waals surface area contributed by atoms with Gasteiger partial charge in [0.25, 0.3) is 0 Å². The number of hydrogen-bond acceptors (Lipinski definition) is 4. The normalized spacial score (nSPS) is 14.5. The second kappa shape index (κ2) is 15.4. The van der Waals surface area contributed by atoms with Crippen molar-refractivity contribution in [3.63, 3.8) is 0 Å². The lowest BCUT2D eigenvalue weighted by Gasteiger charge is -2.34. The summed E-state index contributed by atoms with van der Waals surface area (Å²) >= 11 is 0. The third-order valence-electron chi connectivity index (χ3n) is 8.30. The molecule has 1 N–H and O–H groups in total. The Balaban J connectivity index is 1.60. The molecule has 0 aromatic heterocycles. The van der Waals surface area contributed by atoms with Gasteiger partial charge in [-0.05, 0) is 74.4 Å². The molecule has 3 aromatic carbocycles. The number of carbonyl (C=O) groups excluding carboxylic acids is 2. The number of nitrogens with zero attached hydrogens (tertiary/aromatic N) is 2. The largest absolute Gasteiger partial charge is 0.352 e. The van der Waals surface area contributed by atoms with Crippen molar-refractivity contribution >= 4 is 27.5 Å². The van der Waals surface area contributed by atoms with Crippen LogP contribution in [-0.2, 0) is 32.6 Å². The molecular weight excluding hydrogens is 570 g/mol. The van der Waals surface area contributed by atoms with Crippen LogP contribution in [-0.4, -0.2) is 50.0 Å². The van der Waals surface area contributed by atoms with Gasteiger partial charge in [0.15, 0.2) is 0 Å². The second-order valence-corrected chi connectivity index (χ2v) is 14.3. The quantitative estimate of drug-likeness (QED) is 0.246. The first-order valence-corrected chi connectivity index (χ1v) is 17.6. The van der Waals surface area contributed by atoms with Crippen LogP contribution in [0.2, 0.25) is 0 Å². The van der Waals surface area contributed by atoms with E-state index in [1.165, 1.54) is 17.0 Å². The Hall–Kier alpha value is -3.65. The number of aryl methyl sites for hydroxylation is 3. The number of carbonyl (C=O) groups is 2. The van der Waals surface area contributed by atoms with Crippen LogP contribution >= 0.6 is 0 Å². The van der Waals surface area contributed by atoms with Crippen molar-refractivity contribution in [2.75, 3.05) is 17.1 Å². The Bertz CT molecular complexity index is 1500. The highest BCUT2D eigenvalue weighted by molar-refractivity contribution is 7.92.